The summed E-state index contributed by atoms with van der Waals surface area (Å²) in [4.78, 5) is 36.1. The summed E-state index contributed by atoms with van der Waals surface area (Å²) in [5.74, 6) is -1.08. The number of ether oxygens (including phenoxy) is 1. The topological polar surface area (TPSA) is 105 Å². The van der Waals surface area contributed by atoms with Crippen LogP contribution in [0.2, 0.25) is 0 Å². The number of rotatable bonds is 8. The van der Waals surface area contributed by atoms with Crippen molar-refractivity contribution in [3.8, 4) is 11.1 Å². The van der Waals surface area contributed by atoms with Crippen molar-refractivity contribution in [2.75, 3.05) is 6.61 Å². The molecule has 0 radical (unpaired) electrons. The summed E-state index contributed by atoms with van der Waals surface area (Å²) in [5, 5.41) is 14.9. The lowest BCUT2D eigenvalue weighted by Crippen LogP contribution is -2.45. The number of benzene rings is 2. The third kappa shape index (κ3) is 5.58. The van der Waals surface area contributed by atoms with E-state index in [-0.39, 0.29) is 43.2 Å². The lowest BCUT2D eigenvalue weighted by molar-refractivity contribution is -0.139. The lowest BCUT2D eigenvalue weighted by Gasteiger charge is -2.31. The van der Waals surface area contributed by atoms with Gasteiger partial charge in [0.25, 0.3) is 0 Å². The van der Waals surface area contributed by atoms with Gasteiger partial charge in [-0.25, -0.2) is 4.79 Å². The van der Waals surface area contributed by atoms with Crippen LogP contribution in [-0.4, -0.2) is 41.8 Å². The van der Waals surface area contributed by atoms with Crippen molar-refractivity contribution in [2.45, 2.75) is 63.5 Å². The van der Waals surface area contributed by atoms with E-state index in [4.69, 9.17) is 9.84 Å². The number of hydrogen-bond donors (Lipinski definition) is 3. The first-order valence-corrected chi connectivity index (χ1v) is 12.0. The maximum absolute atomic E-state index is 12.5. The second-order valence-corrected chi connectivity index (χ2v) is 9.39. The Morgan fingerprint density at radius 1 is 1.00 bits per heavy atom. The van der Waals surface area contributed by atoms with Crippen LogP contribution in [-0.2, 0) is 14.3 Å². The van der Waals surface area contributed by atoms with Gasteiger partial charge in [-0.15, -0.1) is 0 Å². The Kier molecular flexibility index (Phi) is 7.50. The highest BCUT2D eigenvalue weighted by molar-refractivity contribution is 5.80. The summed E-state index contributed by atoms with van der Waals surface area (Å²) in [6.45, 7) is 1.98. The molecule has 0 aliphatic heterocycles. The molecule has 2 aromatic carbocycles. The summed E-state index contributed by atoms with van der Waals surface area (Å²) in [5.41, 5.74) is 4.63. The van der Waals surface area contributed by atoms with Crippen LogP contribution in [0, 0.1) is 5.92 Å². The van der Waals surface area contributed by atoms with Gasteiger partial charge in [0.05, 0.1) is 6.42 Å². The molecule has 0 aromatic heterocycles. The van der Waals surface area contributed by atoms with Crippen LogP contribution in [0.1, 0.15) is 62.5 Å². The van der Waals surface area contributed by atoms with Crippen molar-refractivity contribution in [2.24, 2.45) is 5.92 Å². The van der Waals surface area contributed by atoms with Crippen LogP contribution >= 0.6 is 0 Å². The molecule has 0 saturated heterocycles. The number of nitrogens with one attached hydrogen (secondary N) is 2. The first-order chi connectivity index (χ1) is 16.4. The first kappa shape index (κ1) is 23.8. The summed E-state index contributed by atoms with van der Waals surface area (Å²) in [6.07, 6.45) is 3.20. The zero-order valence-corrected chi connectivity index (χ0v) is 19.5. The molecule has 1 saturated carbocycles. The fraction of sp³-hybridized carbons (Fsp3) is 0.444. The number of fused-ring (bicyclic) bond motifs is 3. The third-order valence-corrected chi connectivity index (χ3v) is 6.89. The summed E-state index contributed by atoms with van der Waals surface area (Å²) in [6, 6.07) is 15.8. The number of carboxylic acids is 1. The van der Waals surface area contributed by atoms with E-state index < -0.39 is 18.1 Å². The molecular weight excluding hydrogens is 432 g/mol. The Balaban J connectivity index is 1.27. The highest BCUT2D eigenvalue weighted by atomic mass is 16.5. The second-order valence-electron chi connectivity index (χ2n) is 9.39. The average Bonchev–Trinajstić information content (AvgIpc) is 3.12. The molecule has 2 unspecified atom stereocenters. The summed E-state index contributed by atoms with van der Waals surface area (Å²) >= 11 is 0. The van der Waals surface area contributed by atoms with Crippen LogP contribution in [0.25, 0.3) is 11.1 Å². The van der Waals surface area contributed by atoms with E-state index in [0.717, 1.165) is 36.8 Å². The molecule has 2 amide bonds. The average molecular weight is 465 g/mol. The summed E-state index contributed by atoms with van der Waals surface area (Å²) < 4.78 is 5.56. The van der Waals surface area contributed by atoms with Gasteiger partial charge in [0.15, 0.2) is 0 Å². The van der Waals surface area contributed by atoms with E-state index in [2.05, 4.69) is 34.9 Å². The van der Waals surface area contributed by atoms with Gasteiger partial charge in [0.1, 0.15) is 6.61 Å². The van der Waals surface area contributed by atoms with Gasteiger partial charge >= 0.3 is 12.1 Å². The van der Waals surface area contributed by atoms with Gasteiger partial charge in [-0.3, -0.25) is 9.59 Å². The van der Waals surface area contributed by atoms with Gasteiger partial charge in [0, 0.05) is 24.4 Å². The Morgan fingerprint density at radius 2 is 1.62 bits per heavy atom. The molecule has 4 rings (SSSR count). The molecule has 0 spiro atoms. The first-order valence-electron chi connectivity index (χ1n) is 12.0. The SMILES string of the molecule is C[C@H](CC(=O)NC1CCCCC1CC(=O)O)NC(=O)OCC1c2ccccc2-c2ccccc21. The number of carbonyl (C=O) groups is 3. The maximum atomic E-state index is 12.5. The van der Waals surface area contributed by atoms with E-state index in [0.29, 0.717) is 0 Å². The Hall–Kier alpha value is -3.35. The molecule has 7 heteroatoms. The van der Waals surface area contributed by atoms with Crippen molar-refractivity contribution in [1.82, 2.24) is 10.6 Å². The molecule has 180 valence electrons. The van der Waals surface area contributed by atoms with Gasteiger partial charge in [-0.05, 0) is 47.9 Å². The molecule has 2 aliphatic carbocycles. The number of carbonyl (C=O) groups excluding carboxylic acids is 2. The van der Waals surface area contributed by atoms with Gasteiger partial charge in [0.2, 0.25) is 5.91 Å². The molecule has 1 fully saturated rings. The van der Waals surface area contributed by atoms with Crippen molar-refractivity contribution in [3.63, 3.8) is 0 Å². The number of carboxylic acid groups (broad SMARTS) is 1. The fourth-order valence-corrected chi connectivity index (χ4v) is 5.30. The Bertz CT molecular complexity index is 1010. The number of alkyl carbamates (subject to hydrolysis) is 1. The zero-order chi connectivity index (χ0) is 24.1. The normalized spacial score (nSPS) is 20.0. The molecule has 0 bridgehead atoms. The van der Waals surface area contributed by atoms with Crippen LogP contribution in [0.4, 0.5) is 4.79 Å². The largest absolute Gasteiger partial charge is 0.481 e. The molecule has 3 N–H and O–H groups in total. The maximum Gasteiger partial charge on any atom is 0.407 e. The molecular formula is C27H32N2O5. The smallest absolute Gasteiger partial charge is 0.407 e. The molecule has 7 nitrogen and oxygen atoms in total. The molecule has 0 heterocycles. The van der Waals surface area contributed by atoms with E-state index in [1.165, 1.54) is 11.1 Å². The minimum atomic E-state index is -0.837. The van der Waals surface area contributed by atoms with Crippen molar-refractivity contribution >= 4 is 18.0 Å². The van der Waals surface area contributed by atoms with E-state index in [9.17, 15) is 14.4 Å². The van der Waals surface area contributed by atoms with Crippen LogP contribution in [0.3, 0.4) is 0 Å². The predicted octanol–water partition coefficient (Wildman–Crippen LogP) is 4.45. The van der Waals surface area contributed by atoms with E-state index in [1.54, 1.807) is 6.92 Å². The van der Waals surface area contributed by atoms with Crippen LogP contribution < -0.4 is 10.6 Å². The van der Waals surface area contributed by atoms with Crippen LogP contribution in [0.15, 0.2) is 48.5 Å². The Morgan fingerprint density at radius 3 is 2.26 bits per heavy atom. The summed E-state index contributed by atoms with van der Waals surface area (Å²) in [7, 11) is 0. The standard InChI is InChI=1S/C27H32N2O5/c1-17(14-25(30)29-24-13-7-2-8-18(24)15-26(31)32)28-27(33)34-16-23-21-11-5-3-9-19(21)20-10-4-6-12-22(20)23/h3-6,9-12,17-18,23-24H,2,7-8,13-16H2,1H3,(H,28,33)(H,29,30)(H,31,32)/t17-,18?,24?/m1/s1. The number of amides is 2. The van der Waals surface area contributed by atoms with Crippen molar-refractivity contribution in [1.29, 1.82) is 0 Å². The monoisotopic (exact) mass is 464 g/mol. The highest BCUT2D eigenvalue weighted by Crippen LogP contribution is 2.44. The highest BCUT2D eigenvalue weighted by Gasteiger charge is 2.30. The lowest BCUT2D eigenvalue weighted by atomic mass is 9.82. The predicted molar refractivity (Wildman–Crippen MR) is 128 cm³/mol. The zero-order valence-electron chi connectivity index (χ0n) is 19.5. The quantitative estimate of drug-likeness (QED) is 0.535. The minimum Gasteiger partial charge on any atom is -0.481 e. The molecule has 34 heavy (non-hydrogen) atoms. The van der Waals surface area contributed by atoms with E-state index >= 15 is 0 Å². The van der Waals surface area contributed by atoms with Gasteiger partial charge in [-0.1, -0.05) is 61.4 Å². The van der Waals surface area contributed by atoms with Crippen LogP contribution in [0.5, 0.6) is 0 Å². The van der Waals surface area contributed by atoms with Crippen molar-refractivity contribution < 1.29 is 24.2 Å². The molecule has 2 aromatic rings. The fourth-order valence-electron chi connectivity index (χ4n) is 5.30. The van der Waals surface area contributed by atoms with Gasteiger partial charge < -0.3 is 20.5 Å². The van der Waals surface area contributed by atoms with Gasteiger partial charge in [-0.2, -0.15) is 0 Å². The van der Waals surface area contributed by atoms with Crippen molar-refractivity contribution in [3.05, 3.63) is 59.7 Å². The second kappa shape index (κ2) is 10.7. The van der Waals surface area contributed by atoms with E-state index in [1.807, 2.05) is 24.3 Å². The minimum absolute atomic E-state index is 0.0192. The molecule has 3 atom stereocenters. The molecule has 2 aliphatic rings. The Labute approximate surface area is 199 Å². The third-order valence-electron chi connectivity index (χ3n) is 6.89. The number of aliphatic carboxylic acids is 1. The number of hydrogen-bond acceptors (Lipinski definition) is 4.